The zero-order chi connectivity index (χ0) is 13.2. The van der Waals surface area contributed by atoms with E-state index >= 15 is 0 Å². The minimum Gasteiger partial charge on any atom is -0.478 e. The van der Waals surface area contributed by atoms with Gasteiger partial charge >= 0.3 is 5.97 Å². The minimum atomic E-state index is -0.950. The molecule has 1 aliphatic rings. The number of nitrogens with one attached hydrogen (secondary N) is 1. The summed E-state index contributed by atoms with van der Waals surface area (Å²) < 4.78 is 0. The van der Waals surface area contributed by atoms with Crippen LogP contribution in [0.1, 0.15) is 42.9 Å². The number of aromatic nitrogens is 3. The van der Waals surface area contributed by atoms with E-state index in [1.54, 1.807) is 18.6 Å². The van der Waals surface area contributed by atoms with Gasteiger partial charge in [0.15, 0.2) is 0 Å². The molecule has 0 amide bonds. The fourth-order valence-corrected chi connectivity index (χ4v) is 2.81. The molecule has 2 heterocycles. The lowest BCUT2D eigenvalue weighted by Crippen LogP contribution is -1.98. The number of nitrogens with zero attached hydrogens (tertiary/aromatic N) is 2. The molecule has 3 rings (SSSR count). The third-order valence-electron chi connectivity index (χ3n) is 3.68. The van der Waals surface area contributed by atoms with Crippen molar-refractivity contribution in [1.82, 2.24) is 15.0 Å². The molecule has 0 bridgehead atoms. The molecule has 0 atom stereocenters. The van der Waals surface area contributed by atoms with Gasteiger partial charge in [-0.05, 0) is 18.9 Å². The van der Waals surface area contributed by atoms with Gasteiger partial charge in [-0.1, -0.05) is 12.8 Å². The van der Waals surface area contributed by atoms with E-state index in [0.717, 1.165) is 41.2 Å². The molecule has 5 heteroatoms. The first kappa shape index (κ1) is 11.9. The first-order chi connectivity index (χ1) is 9.25. The van der Waals surface area contributed by atoms with Crippen molar-refractivity contribution in [1.29, 1.82) is 0 Å². The summed E-state index contributed by atoms with van der Waals surface area (Å²) in [6.45, 7) is 0. The number of hydrogen-bond acceptors (Lipinski definition) is 3. The maximum absolute atomic E-state index is 10.6. The Hall–Kier alpha value is -2.17. The second-order valence-corrected chi connectivity index (χ2v) is 4.88. The summed E-state index contributed by atoms with van der Waals surface area (Å²) in [5, 5.41) is 9.70. The van der Waals surface area contributed by atoms with E-state index in [4.69, 9.17) is 5.11 Å². The predicted octanol–water partition coefficient (Wildman–Crippen LogP) is 2.71. The Kier molecular flexibility index (Phi) is 3.03. The zero-order valence-corrected chi connectivity index (χ0v) is 10.5. The largest absolute Gasteiger partial charge is 0.478 e. The van der Waals surface area contributed by atoms with Gasteiger partial charge < -0.3 is 10.1 Å². The smallest absolute Gasteiger partial charge is 0.328 e. The van der Waals surface area contributed by atoms with Gasteiger partial charge in [0.1, 0.15) is 12.0 Å². The van der Waals surface area contributed by atoms with E-state index in [2.05, 4.69) is 15.0 Å². The van der Waals surface area contributed by atoms with Crippen molar-refractivity contribution in [3.63, 3.8) is 0 Å². The van der Waals surface area contributed by atoms with Crippen molar-refractivity contribution in [3.8, 4) is 0 Å². The normalized spacial score (nSPS) is 16.6. The third-order valence-corrected chi connectivity index (χ3v) is 3.68. The highest BCUT2D eigenvalue weighted by Crippen LogP contribution is 2.37. The number of H-pyrrole nitrogens is 1. The van der Waals surface area contributed by atoms with Crippen LogP contribution in [0.25, 0.3) is 17.1 Å². The van der Waals surface area contributed by atoms with Crippen molar-refractivity contribution in [2.24, 2.45) is 0 Å². The van der Waals surface area contributed by atoms with Gasteiger partial charge in [-0.25, -0.2) is 14.8 Å². The van der Waals surface area contributed by atoms with E-state index in [9.17, 15) is 4.79 Å². The molecule has 1 aliphatic carbocycles. The highest BCUT2D eigenvalue weighted by atomic mass is 16.4. The van der Waals surface area contributed by atoms with Crippen LogP contribution in [0.4, 0.5) is 0 Å². The fraction of sp³-hybridized carbons (Fsp3) is 0.357. The maximum Gasteiger partial charge on any atom is 0.328 e. The van der Waals surface area contributed by atoms with Crippen LogP contribution in [-0.2, 0) is 4.79 Å². The molecular weight excluding hydrogens is 242 g/mol. The van der Waals surface area contributed by atoms with Gasteiger partial charge in [0, 0.05) is 29.1 Å². The van der Waals surface area contributed by atoms with Crippen LogP contribution in [0.5, 0.6) is 0 Å². The van der Waals surface area contributed by atoms with Gasteiger partial charge in [0.25, 0.3) is 0 Å². The average molecular weight is 257 g/mol. The standard InChI is InChI=1S/C14H15N3O2/c18-11(19)6-5-10-7-15-14-12(10)13(16-8-17-14)9-3-1-2-4-9/h5-9H,1-4H2,(H,18,19)(H,15,16,17)/b6-5+. The fourth-order valence-electron chi connectivity index (χ4n) is 2.81. The Balaban J connectivity index is 2.10. The lowest BCUT2D eigenvalue weighted by molar-refractivity contribution is -0.131. The molecule has 0 radical (unpaired) electrons. The third kappa shape index (κ3) is 2.23. The van der Waals surface area contributed by atoms with Crippen molar-refractivity contribution < 1.29 is 9.90 Å². The monoisotopic (exact) mass is 257 g/mol. The van der Waals surface area contributed by atoms with Crippen LogP contribution in [0.2, 0.25) is 0 Å². The lowest BCUT2D eigenvalue weighted by atomic mass is 9.99. The van der Waals surface area contributed by atoms with Crippen molar-refractivity contribution in [2.75, 3.05) is 0 Å². The molecule has 1 saturated carbocycles. The SMILES string of the molecule is O=C(O)/C=C/c1c[nH]c2ncnc(C3CCCC3)c12. The predicted molar refractivity (Wildman–Crippen MR) is 71.8 cm³/mol. The molecule has 0 unspecified atom stereocenters. The van der Waals surface area contributed by atoms with E-state index in [1.807, 2.05) is 0 Å². The lowest BCUT2D eigenvalue weighted by Gasteiger charge is -2.09. The molecule has 1 fully saturated rings. The van der Waals surface area contributed by atoms with E-state index in [-0.39, 0.29) is 0 Å². The molecule has 2 aromatic heterocycles. The number of carboxylic acid groups (broad SMARTS) is 1. The van der Waals surface area contributed by atoms with Crippen LogP contribution >= 0.6 is 0 Å². The Morgan fingerprint density at radius 2 is 2.16 bits per heavy atom. The number of aliphatic carboxylic acids is 1. The van der Waals surface area contributed by atoms with E-state index in [1.165, 1.54) is 12.8 Å². The second kappa shape index (κ2) is 4.84. The molecule has 0 spiro atoms. The topological polar surface area (TPSA) is 78.9 Å². The summed E-state index contributed by atoms with van der Waals surface area (Å²) in [5.74, 6) is -0.480. The molecule has 19 heavy (non-hydrogen) atoms. The molecule has 0 saturated heterocycles. The van der Waals surface area contributed by atoms with Crippen LogP contribution in [0.3, 0.4) is 0 Å². The quantitative estimate of drug-likeness (QED) is 0.828. The Morgan fingerprint density at radius 3 is 2.89 bits per heavy atom. The van der Waals surface area contributed by atoms with Crippen molar-refractivity contribution in [3.05, 3.63) is 29.9 Å². The number of fused-ring (bicyclic) bond motifs is 1. The Labute approximate surface area is 110 Å². The molecule has 5 nitrogen and oxygen atoms in total. The molecular formula is C14H15N3O2. The van der Waals surface area contributed by atoms with Gasteiger partial charge in [0.2, 0.25) is 0 Å². The Bertz CT molecular complexity index is 639. The van der Waals surface area contributed by atoms with Crippen LogP contribution < -0.4 is 0 Å². The first-order valence-corrected chi connectivity index (χ1v) is 6.48. The van der Waals surface area contributed by atoms with Crippen LogP contribution in [-0.4, -0.2) is 26.0 Å². The maximum atomic E-state index is 10.6. The van der Waals surface area contributed by atoms with Gasteiger partial charge in [-0.2, -0.15) is 0 Å². The van der Waals surface area contributed by atoms with E-state index in [0.29, 0.717) is 5.92 Å². The summed E-state index contributed by atoms with van der Waals surface area (Å²) in [7, 11) is 0. The number of carboxylic acids is 1. The highest BCUT2D eigenvalue weighted by molar-refractivity contribution is 5.93. The summed E-state index contributed by atoms with van der Waals surface area (Å²) in [6, 6.07) is 0. The van der Waals surface area contributed by atoms with Crippen LogP contribution in [0.15, 0.2) is 18.6 Å². The Morgan fingerprint density at radius 1 is 1.37 bits per heavy atom. The number of hydrogen-bond donors (Lipinski definition) is 2. The summed E-state index contributed by atoms with van der Waals surface area (Å²) in [5.41, 5.74) is 2.68. The van der Waals surface area contributed by atoms with Gasteiger partial charge in [0.05, 0.1) is 5.69 Å². The molecule has 2 N–H and O–H groups in total. The minimum absolute atomic E-state index is 0.471. The first-order valence-electron chi connectivity index (χ1n) is 6.48. The number of aromatic amines is 1. The summed E-state index contributed by atoms with van der Waals surface area (Å²) in [6.07, 6.45) is 10.9. The molecule has 0 aliphatic heterocycles. The second-order valence-electron chi connectivity index (χ2n) is 4.88. The highest BCUT2D eigenvalue weighted by Gasteiger charge is 2.22. The molecule has 2 aromatic rings. The summed E-state index contributed by atoms with van der Waals surface area (Å²) in [4.78, 5) is 22.4. The molecule has 0 aromatic carbocycles. The number of rotatable bonds is 3. The molecule has 98 valence electrons. The zero-order valence-electron chi connectivity index (χ0n) is 10.5. The van der Waals surface area contributed by atoms with Crippen molar-refractivity contribution in [2.45, 2.75) is 31.6 Å². The van der Waals surface area contributed by atoms with Crippen LogP contribution in [0, 0.1) is 0 Å². The van der Waals surface area contributed by atoms with E-state index < -0.39 is 5.97 Å². The van der Waals surface area contributed by atoms with Gasteiger partial charge in [-0.15, -0.1) is 0 Å². The summed E-state index contributed by atoms with van der Waals surface area (Å²) >= 11 is 0. The average Bonchev–Trinajstić information content (AvgIpc) is 3.05. The van der Waals surface area contributed by atoms with Crippen molar-refractivity contribution >= 4 is 23.1 Å². The number of carbonyl (C=O) groups is 1. The van der Waals surface area contributed by atoms with Gasteiger partial charge in [-0.3, -0.25) is 0 Å².